The number of aliphatic carboxylic acids is 1. The number of aliphatic hydroxyl groups excluding tert-OH is 1. The van der Waals surface area contributed by atoms with Crippen molar-refractivity contribution in [2.24, 2.45) is 0 Å². The molecule has 212 valence electrons. The number of hydrogen-bond donors (Lipinski definition) is 4. The standard InChI is InChI=1S/C31H32N4O6/c36-16-14-25(31(40)32-23-10-6-20(7-11-23)8-13-28(37)38)34-30(39)21-9-12-27-26(18-21)33-29(22-15-17-41-19-22)35(27)24-4-2-1-3-5-24/h6-13,15,17-19,24-25,36H,1-5,14,16H2,(H,32,40)(H,34,39)(H,37,38)/b13-8+/t25-/m0/s1. The second kappa shape index (κ2) is 12.6. The highest BCUT2D eigenvalue weighted by molar-refractivity contribution is 6.02. The summed E-state index contributed by atoms with van der Waals surface area (Å²) in [6, 6.07) is 13.2. The molecule has 1 fully saturated rings. The number of anilines is 1. The van der Waals surface area contributed by atoms with Gasteiger partial charge < -0.3 is 29.8 Å². The minimum absolute atomic E-state index is 0.0280. The van der Waals surface area contributed by atoms with Crippen molar-refractivity contribution >= 4 is 40.6 Å². The number of amides is 2. The van der Waals surface area contributed by atoms with Crippen LogP contribution in [0, 0.1) is 0 Å². The van der Waals surface area contributed by atoms with E-state index in [1.165, 1.54) is 12.5 Å². The minimum atomic E-state index is -1.06. The lowest BCUT2D eigenvalue weighted by molar-refractivity contribution is -0.131. The molecule has 4 aromatic rings. The van der Waals surface area contributed by atoms with Gasteiger partial charge in [0, 0.05) is 30.0 Å². The molecule has 5 rings (SSSR count). The topological polar surface area (TPSA) is 147 Å². The summed E-state index contributed by atoms with van der Waals surface area (Å²) in [6.45, 7) is -0.295. The van der Waals surface area contributed by atoms with Crippen LogP contribution in [0.3, 0.4) is 0 Å². The maximum atomic E-state index is 13.2. The fourth-order valence-electron chi connectivity index (χ4n) is 5.26. The third-order valence-corrected chi connectivity index (χ3v) is 7.31. The van der Waals surface area contributed by atoms with Crippen molar-refractivity contribution in [3.63, 3.8) is 0 Å². The summed E-state index contributed by atoms with van der Waals surface area (Å²) in [4.78, 5) is 41.8. The van der Waals surface area contributed by atoms with E-state index in [1.807, 2.05) is 12.1 Å². The van der Waals surface area contributed by atoms with Gasteiger partial charge in [0.15, 0.2) is 0 Å². The van der Waals surface area contributed by atoms with Gasteiger partial charge >= 0.3 is 5.97 Å². The lowest BCUT2D eigenvalue weighted by atomic mass is 9.95. The first kappa shape index (κ1) is 27.9. The van der Waals surface area contributed by atoms with Crippen LogP contribution in [0.4, 0.5) is 5.69 Å². The van der Waals surface area contributed by atoms with Gasteiger partial charge in [-0.1, -0.05) is 31.4 Å². The van der Waals surface area contributed by atoms with E-state index in [0.29, 0.717) is 28.4 Å². The van der Waals surface area contributed by atoms with Gasteiger partial charge in [0.1, 0.15) is 18.1 Å². The average molecular weight is 557 g/mol. The molecule has 10 nitrogen and oxygen atoms in total. The molecule has 0 bridgehead atoms. The molecule has 0 aliphatic heterocycles. The highest BCUT2D eigenvalue weighted by atomic mass is 16.4. The Bertz CT molecular complexity index is 1550. The van der Waals surface area contributed by atoms with Crippen LogP contribution >= 0.6 is 0 Å². The molecule has 0 saturated heterocycles. The predicted octanol–water partition coefficient (Wildman–Crippen LogP) is 5.02. The number of carbonyl (C=O) groups excluding carboxylic acids is 2. The maximum absolute atomic E-state index is 13.2. The van der Waals surface area contributed by atoms with Crippen LogP contribution in [0.25, 0.3) is 28.5 Å². The number of nitrogens with one attached hydrogen (secondary N) is 2. The number of rotatable bonds is 10. The second-order valence-electron chi connectivity index (χ2n) is 10.1. The van der Waals surface area contributed by atoms with E-state index in [4.69, 9.17) is 14.5 Å². The zero-order valence-corrected chi connectivity index (χ0v) is 22.5. The number of furan rings is 1. The van der Waals surface area contributed by atoms with Gasteiger partial charge in [-0.05, 0) is 67.3 Å². The fraction of sp³-hybridized carbons (Fsp3) is 0.290. The van der Waals surface area contributed by atoms with Crippen LogP contribution < -0.4 is 10.6 Å². The van der Waals surface area contributed by atoms with Gasteiger partial charge in [0.25, 0.3) is 5.91 Å². The Kier molecular flexibility index (Phi) is 8.59. The zero-order valence-electron chi connectivity index (χ0n) is 22.5. The van der Waals surface area contributed by atoms with Gasteiger partial charge in [-0.2, -0.15) is 0 Å². The van der Waals surface area contributed by atoms with Crippen LogP contribution in [-0.2, 0) is 9.59 Å². The molecule has 1 aliphatic rings. The van der Waals surface area contributed by atoms with E-state index in [2.05, 4.69) is 15.2 Å². The molecule has 10 heteroatoms. The lowest BCUT2D eigenvalue weighted by Crippen LogP contribution is -2.44. The van der Waals surface area contributed by atoms with Gasteiger partial charge in [-0.25, -0.2) is 9.78 Å². The first-order valence-electron chi connectivity index (χ1n) is 13.7. The van der Waals surface area contributed by atoms with E-state index in [9.17, 15) is 19.5 Å². The SMILES string of the molecule is O=C(O)/C=C/c1ccc(NC(=O)[C@H](CCO)NC(=O)c2ccc3c(c2)nc(-c2ccoc2)n3C2CCCCC2)cc1. The number of imidazole rings is 1. The number of hydrogen-bond acceptors (Lipinski definition) is 6. The summed E-state index contributed by atoms with van der Waals surface area (Å²) < 4.78 is 7.58. The van der Waals surface area contributed by atoms with E-state index in [1.54, 1.807) is 48.9 Å². The molecular weight excluding hydrogens is 524 g/mol. The van der Waals surface area contributed by atoms with E-state index < -0.39 is 23.8 Å². The quantitative estimate of drug-likeness (QED) is 0.201. The van der Waals surface area contributed by atoms with Crippen molar-refractivity contribution in [1.82, 2.24) is 14.9 Å². The van der Waals surface area contributed by atoms with Crippen molar-refractivity contribution in [1.29, 1.82) is 0 Å². The van der Waals surface area contributed by atoms with Crippen molar-refractivity contribution in [2.75, 3.05) is 11.9 Å². The Hall–Kier alpha value is -4.70. The van der Waals surface area contributed by atoms with E-state index >= 15 is 0 Å². The van der Waals surface area contributed by atoms with E-state index in [0.717, 1.165) is 48.7 Å². The van der Waals surface area contributed by atoms with Crippen molar-refractivity contribution < 1.29 is 29.0 Å². The number of nitrogens with zero attached hydrogens (tertiary/aromatic N) is 2. The van der Waals surface area contributed by atoms with Crippen molar-refractivity contribution in [3.8, 4) is 11.4 Å². The molecule has 2 amide bonds. The summed E-state index contributed by atoms with van der Waals surface area (Å²) in [5, 5.41) is 23.8. The number of benzene rings is 2. The summed E-state index contributed by atoms with van der Waals surface area (Å²) in [5.74, 6) is -1.18. The molecule has 1 saturated carbocycles. The molecular formula is C31H32N4O6. The monoisotopic (exact) mass is 556 g/mol. The second-order valence-corrected chi connectivity index (χ2v) is 10.1. The Morgan fingerprint density at radius 3 is 2.54 bits per heavy atom. The van der Waals surface area contributed by atoms with Crippen molar-refractivity contribution in [2.45, 2.75) is 50.6 Å². The van der Waals surface area contributed by atoms with Crippen LogP contribution in [0.5, 0.6) is 0 Å². The molecule has 0 spiro atoms. The molecule has 41 heavy (non-hydrogen) atoms. The average Bonchev–Trinajstić information content (AvgIpc) is 3.65. The van der Waals surface area contributed by atoms with Crippen LogP contribution in [0.15, 0.2) is 71.6 Å². The Balaban J connectivity index is 1.34. The number of fused-ring (bicyclic) bond motifs is 1. The minimum Gasteiger partial charge on any atom is -0.478 e. The first-order valence-corrected chi connectivity index (χ1v) is 13.7. The van der Waals surface area contributed by atoms with Crippen LogP contribution in [0.2, 0.25) is 0 Å². The number of carboxylic acids is 1. The third kappa shape index (κ3) is 6.55. The number of aromatic nitrogens is 2. The first-order chi connectivity index (χ1) is 19.9. The zero-order chi connectivity index (χ0) is 28.8. The molecule has 1 aliphatic carbocycles. The molecule has 2 aromatic heterocycles. The molecule has 4 N–H and O–H groups in total. The molecule has 0 radical (unpaired) electrons. The van der Waals surface area contributed by atoms with Crippen molar-refractivity contribution in [3.05, 3.63) is 78.3 Å². The number of carbonyl (C=O) groups is 3. The highest BCUT2D eigenvalue weighted by Crippen LogP contribution is 2.36. The summed E-state index contributed by atoms with van der Waals surface area (Å²) in [6.07, 6.45) is 11.5. The smallest absolute Gasteiger partial charge is 0.328 e. The predicted molar refractivity (Wildman–Crippen MR) is 154 cm³/mol. The lowest BCUT2D eigenvalue weighted by Gasteiger charge is -2.25. The van der Waals surface area contributed by atoms with Gasteiger partial charge in [-0.15, -0.1) is 0 Å². The highest BCUT2D eigenvalue weighted by Gasteiger charge is 2.25. The molecule has 2 heterocycles. The Morgan fingerprint density at radius 2 is 1.85 bits per heavy atom. The molecule has 2 aromatic carbocycles. The largest absolute Gasteiger partial charge is 0.478 e. The molecule has 1 atom stereocenters. The van der Waals surface area contributed by atoms with Crippen LogP contribution in [0.1, 0.15) is 60.5 Å². The van der Waals surface area contributed by atoms with Gasteiger partial charge in [0.05, 0.1) is 22.9 Å². The Labute approximate surface area is 236 Å². The summed E-state index contributed by atoms with van der Waals surface area (Å²) in [7, 11) is 0. The number of aliphatic hydroxyl groups is 1. The normalized spacial score (nSPS) is 14.8. The maximum Gasteiger partial charge on any atom is 0.328 e. The third-order valence-electron chi connectivity index (χ3n) is 7.31. The summed E-state index contributed by atoms with van der Waals surface area (Å²) >= 11 is 0. The summed E-state index contributed by atoms with van der Waals surface area (Å²) in [5.41, 5.74) is 3.98. The van der Waals surface area contributed by atoms with Crippen LogP contribution in [-0.4, -0.2) is 50.2 Å². The van der Waals surface area contributed by atoms with E-state index in [-0.39, 0.29) is 13.0 Å². The van der Waals surface area contributed by atoms with Gasteiger partial charge in [0.2, 0.25) is 5.91 Å². The van der Waals surface area contributed by atoms with Gasteiger partial charge in [-0.3, -0.25) is 9.59 Å². The Morgan fingerprint density at radius 1 is 1.07 bits per heavy atom. The molecule has 0 unspecified atom stereocenters. The fourth-order valence-corrected chi connectivity index (χ4v) is 5.26. The number of carboxylic acid groups (broad SMARTS) is 1.